The maximum absolute atomic E-state index is 15.3. The number of quaternary nitrogens is 1. The minimum Gasteiger partial charge on any atom is -0.504 e. The first-order chi connectivity index (χ1) is 16.9. The highest BCUT2D eigenvalue weighted by atomic mass is 19.2. The molecule has 0 radical (unpaired) electrons. The topological polar surface area (TPSA) is 0 Å². The molecule has 1 saturated heterocycles. The second-order valence-corrected chi connectivity index (χ2v) is 8.86. The fraction of sp³-hybridized carbons (Fsp3) is 0.250. The molecule has 1 atom stereocenters. The minimum atomic E-state index is -3.83. The number of benzene rings is 3. The van der Waals surface area contributed by atoms with E-state index in [1.807, 2.05) is 0 Å². The van der Waals surface area contributed by atoms with Gasteiger partial charge in [-0.05, 0) is 13.8 Å². The zero-order valence-corrected chi connectivity index (χ0v) is 18.9. The Morgan fingerprint density at radius 3 is 1.25 bits per heavy atom. The average Bonchev–Trinajstić information content (AvgIpc) is 2.88. The van der Waals surface area contributed by atoms with Gasteiger partial charge in [0.15, 0.2) is 34.9 Å². The van der Waals surface area contributed by atoms with Crippen molar-refractivity contribution in [3.05, 3.63) is 94.1 Å². The van der Waals surface area contributed by atoms with E-state index in [2.05, 4.69) is 0 Å². The minimum absolute atomic E-state index is 0.199. The summed E-state index contributed by atoms with van der Waals surface area (Å²) in [7, 11) is 0. The molecule has 3 aromatic rings. The monoisotopic (exact) mass is 521 g/mol. The number of hydrogen-bond acceptors (Lipinski definition) is 0. The first-order valence-corrected chi connectivity index (χ1v) is 11.0. The van der Waals surface area contributed by atoms with Gasteiger partial charge in [-0.15, -0.1) is 0 Å². The molecule has 192 valence electrons. The summed E-state index contributed by atoms with van der Waals surface area (Å²) in [4.78, 5) is 0. The summed E-state index contributed by atoms with van der Waals surface area (Å²) >= 11 is 0. The van der Waals surface area contributed by atoms with Crippen LogP contribution in [0, 0.1) is 58.2 Å². The van der Waals surface area contributed by atoms with Crippen molar-refractivity contribution in [1.29, 1.82) is 0 Å². The SMILES string of the molecule is CC[N+]1(CC)[C@@H](c2ccccc2)C[B-]1(c1c(F)c(F)c(F)c(F)c1F)c1c(F)c(F)c(F)c(F)c1F. The van der Waals surface area contributed by atoms with Gasteiger partial charge in [-0.25, -0.2) is 43.9 Å². The molecule has 0 bridgehead atoms. The molecule has 36 heavy (non-hydrogen) atoms. The predicted octanol–water partition coefficient (Wildman–Crippen LogP) is 5.75. The lowest BCUT2D eigenvalue weighted by molar-refractivity contribution is -0.881. The number of halogens is 10. The summed E-state index contributed by atoms with van der Waals surface area (Å²) < 4.78 is 146. The maximum Gasteiger partial charge on any atom is 0.281 e. The van der Waals surface area contributed by atoms with Crippen LogP contribution in [-0.2, 0) is 0 Å². The first kappa shape index (κ1) is 26.1. The molecule has 4 rings (SSSR count). The second-order valence-electron chi connectivity index (χ2n) is 8.86. The van der Waals surface area contributed by atoms with Crippen LogP contribution in [-0.4, -0.2) is 23.8 Å². The van der Waals surface area contributed by atoms with Crippen LogP contribution >= 0.6 is 0 Å². The van der Waals surface area contributed by atoms with Gasteiger partial charge in [-0.3, -0.25) is 0 Å². The van der Waals surface area contributed by atoms with Crippen LogP contribution in [0.1, 0.15) is 25.5 Å². The molecule has 0 aliphatic carbocycles. The van der Waals surface area contributed by atoms with E-state index in [9.17, 15) is 26.3 Å². The van der Waals surface area contributed by atoms with Gasteiger partial charge in [0.25, 0.3) is 6.28 Å². The first-order valence-electron chi connectivity index (χ1n) is 11.0. The van der Waals surface area contributed by atoms with Crippen molar-refractivity contribution in [2.75, 3.05) is 13.1 Å². The van der Waals surface area contributed by atoms with Crippen LogP contribution in [0.5, 0.6) is 0 Å². The largest absolute Gasteiger partial charge is 0.504 e. The van der Waals surface area contributed by atoms with Crippen molar-refractivity contribution < 1.29 is 48.3 Å². The Hall–Kier alpha value is -3.02. The van der Waals surface area contributed by atoms with Crippen LogP contribution < -0.4 is 10.9 Å². The van der Waals surface area contributed by atoms with Gasteiger partial charge in [0, 0.05) is 24.7 Å². The van der Waals surface area contributed by atoms with Gasteiger partial charge in [-0.2, -0.15) is 0 Å². The molecular weight excluding hydrogens is 503 g/mol. The lowest BCUT2D eigenvalue weighted by Gasteiger charge is -2.73. The van der Waals surface area contributed by atoms with E-state index >= 15 is 17.6 Å². The molecule has 12 heteroatoms. The van der Waals surface area contributed by atoms with Gasteiger partial charge >= 0.3 is 0 Å². The average molecular weight is 521 g/mol. The summed E-state index contributed by atoms with van der Waals surface area (Å²) in [5.74, 6) is -24.1. The van der Waals surface area contributed by atoms with E-state index in [1.54, 1.807) is 30.3 Å². The van der Waals surface area contributed by atoms with E-state index in [-0.39, 0.29) is 13.1 Å². The van der Waals surface area contributed by atoms with E-state index < -0.39 is 92.1 Å². The molecule has 1 nitrogen and oxygen atoms in total. The molecule has 1 heterocycles. The molecule has 0 saturated carbocycles. The Balaban J connectivity index is 2.22. The Morgan fingerprint density at radius 1 is 0.583 bits per heavy atom. The summed E-state index contributed by atoms with van der Waals surface area (Å²) in [5, 5.41) is 0. The van der Waals surface area contributed by atoms with Crippen LogP contribution in [0.2, 0.25) is 6.32 Å². The van der Waals surface area contributed by atoms with Crippen molar-refractivity contribution >= 4 is 17.2 Å². The van der Waals surface area contributed by atoms with Crippen LogP contribution in [0.4, 0.5) is 43.9 Å². The third kappa shape index (κ3) is 3.09. The Bertz CT molecular complexity index is 1230. The van der Waals surface area contributed by atoms with Gasteiger partial charge in [0.2, 0.25) is 0 Å². The molecule has 0 aromatic heterocycles. The molecule has 3 aromatic carbocycles. The van der Waals surface area contributed by atoms with Gasteiger partial charge in [-0.1, -0.05) is 47.6 Å². The van der Waals surface area contributed by atoms with E-state index in [0.29, 0.717) is 5.56 Å². The third-order valence-corrected chi connectivity index (χ3v) is 7.87. The number of hydrogen-bond donors (Lipinski definition) is 0. The lowest BCUT2D eigenvalue weighted by atomic mass is 9.16. The highest BCUT2D eigenvalue weighted by Crippen LogP contribution is 2.52. The fourth-order valence-electron chi connectivity index (χ4n) is 6.28. The van der Waals surface area contributed by atoms with Crippen molar-refractivity contribution in [3.8, 4) is 0 Å². The van der Waals surface area contributed by atoms with Crippen molar-refractivity contribution in [1.82, 2.24) is 0 Å². The van der Waals surface area contributed by atoms with E-state index in [4.69, 9.17) is 0 Å². The molecular formula is C24H18BF10N. The molecule has 1 aliphatic heterocycles. The number of nitrogens with zero attached hydrogens (tertiary/aromatic N) is 1. The van der Waals surface area contributed by atoms with Gasteiger partial charge in [0.05, 0.1) is 0 Å². The quantitative estimate of drug-likeness (QED) is 0.174. The number of rotatable bonds is 5. The normalized spacial score (nSPS) is 18.3. The molecule has 0 unspecified atom stereocenters. The Morgan fingerprint density at radius 2 is 0.917 bits per heavy atom. The fourth-order valence-corrected chi connectivity index (χ4v) is 6.28. The Labute approximate surface area is 199 Å². The van der Waals surface area contributed by atoms with Gasteiger partial charge in [0.1, 0.15) is 23.3 Å². The smallest absolute Gasteiger partial charge is 0.281 e. The van der Waals surface area contributed by atoms with Crippen LogP contribution in [0.15, 0.2) is 30.3 Å². The van der Waals surface area contributed by atoms with Crippen LogP contribution in [0.3, 0.4) is 0 Å². The molecule has 1 aliphatic rings. The van der Waals surface area contributed by atoms with Gasteiger partial charge < -0.3 is 4.39 Å². The maximum atomic E-state index is 15.3. The summed E-state index contributed by atoms with van der Waals surface area (Å²) in [6.45, 7) is 2.48. The highest BCUT2D eigenvalue weighted by molar-refractivity contribution is 6.98. The van der Waals surface area contributed by atoms with Crippen molar-refractivity contribution in [2.24, 2.45) is 0 Å². The van der Waals surface area contributed by atoms with Crippen molar-refractivity contribution in [2.45, 2.75) is 26.2 Å². The second kappa shape index (κ2) is 8.83. The molecule has 1 fully saturated rings. The standard InChI is InChI=1S/C24H18BF10N/c1-3-36(4-2)12(11-8-6-5-7-9-11)10-25(36,13-15(26)19(30)23(34)20(31)16(13)27)14-17(28)21(32)24(35)22(33)18(14)29/h5-9,12H,3-4,10H2,1-2H3/t12-/m1/s1. The zero-order chi connectivity index (χ0) is 26.7. The summed E-state index contributed by atoms with van der Waals surface area (Å²) in [5.41, 5.74) is -2.69. The zero-order valence-electron chi connectivity index (χ0n) is 18.9. The molecule has 0 amide bonds. The van der Waals surface area contributed by atoms with E-state index in [0.717, 1.165) is 0 Å². The van der Waals surface area contributed by atoms with Crippen LogP contribution in [0.25, 0.3) is 0 Å². The van der Waals surface area contributed by atoms with E-state index in [1.165, 1.54) is 13.8 Å². The predicted molar refractivity (Wildman–Crippen MR) is 113 cm³/mol. The Kier molecular flexibility index (Phi) is 6.39. The third-order valence-electron chi connectivity index (χ3n) is 7.87. The van der Waals surface area contributed by atoms with Crippen molar-refractivity contribution in [3.63, 3.8) is 0 Å². The summed E-state index contributed by atoms with van der Waals surface area (Å²) in [6.07, 6.45) is -4.48. The lowest BCUT2D eigenvalue weighted by Crippen LogP contribution is -2.89. The highest BCUT2D eigenvalue weighted by Gasteiger charge is 2.66. The summed E-state index contributed by atoms with van der Waals surface area (Å²) in [6, 6.07) is 7.19. The molecule has 0 spiro atoms. The molecule has 0 N–H and O–H groups in total.